The Labute approximate surface area is 142 Å². The maximum absolute atomic E-state index is 12.8. The van der Waals surface area contributed by atoms with E-state index in [1.165, 1.54) is 0 Å². The minimum Gasteiger partial charge on any atom is -0.495 e. The van der Waals surface area contributed by atoms with Crippen molar-refractivity contribution in [1.82, 2.24) is 14.5 Å². The fourth-order valence-corrected chi connectivity index (χ4v) is 3.22. The highest BCUT2D eigenvalue weighted by atomic mass is 16.5. The lowest BCUT2D eigenvalue weighted by Gasteiger charge is -2.26. The van der Waals surface area contributed by atoms with Crippen LogP contribution in [0.3, 0.4) is 0 Å². The van der Waals surface area contributed by atoms with Crippen LogP contribution in [0.5, 0.6) is 5.75 Å². The monoisotopic (exact) mass is 328 g/mol. The molecule has 3 rings (SSSR count). The number of imidazole rings is 1. The first-order valence-electron chi connectivity index (χ1n) is 8.28. The molecule has 1 N–H and O–H groups in total. The molecular formula is C18H24N4O2. The Morgan fingerprint density at radius 2 is 2.25 bits per heavy atom. The summed E-state index contributed by atoms with van der Waals surface area (Å²) in [4.78, 5) is 18.9. The predicted octanol–water partition coefficient (Wildman–Crippen LogP) is 3.21. The van der Waals surface area contributed by atoms with E-state index in [2.05, 4.69) is 14.9 Å². The standard InChI is InChI=1S/C18H24N4O2/c1-13-6-7-17(24-3)16(11-13)20-18(23)22-9-4-5-15(22)12-21-10-8-19-14(21)2/h6-8,10-11,15H,4-5,9,12H2,1-3H3,(H,20,23)/t15-/m1/s1. The van der Waals surface area contributed by atoms with Crippen molar-refractivity contribution >= 4 is 11.7 Å². The second-order valence-electron chi connectivity index (χ2n) is 6.25. The number of nitrogens with zero attached hydrogens (tertiary/aromatic N) is 3. The number of carbonyl (C=O) groups excluding carboxylic acids is 1. The predicted molar refractivity (Wildman–Crippen MR) is 93.4 cm³/mol. The van der Waals surface area contributed by atoms with Crippen molar-refractivity contribution in [2.75, 3.05) is 19.0 Å². The third-order valence-electron chi connectivity index (χ3n) is 4.57. The van der Waals surface area contributed by atoms with E-state index < -0.39 is 0 Å². The minimum atomic E-state index is -0.0702. The highest BCUT2D eigenvalue weighted by Gasteiger charge is 2.29. The van der Waals surface area contributed by atoms with E-state index in [1.54, 1.807) is 13.3 Å². The first-order valence-corrected chi connectivity index (χ1v) is 8.28. The van der Waals surface area contributed by atoms with Gasteiger partial charge in [0.05, 0.1) is 18.8 Å². The number of hydrogen-bond donors (Lipinski definition) is 1. The molecule has 6 nitrogen and oxygen atoms in total. The van der Waals surface area contributed by atoms with Gasteiger partial charge in [0.1, 0.15) is 11.6 Å². The SMILES string of the molecule is COc1ccc(C)cc1NC(=O)N1CCC[C@@H]1Cn1ccnc1C. The molecule has 2 aromatic rings. The normalized spacial score (nSPS) is 17.1. The van der Waals surface area contributed by atoms with Gasteiger partial charge >= 0.3 is 6.03 Å². The number of benzene rings is 1. The van der Waals surface area contributed by atoms with E-state index in [0.717, 1.165) is 37.3 Å². The number of hydrogen-bond acceptors (Lipinski definition) is 3. The van der Waals surface area contributed by atoms with E-state index in [-0.39, 0.29) is 12.1 Å². The first kappa shape index (κ1) is 16.4. The third-order valence-corrected chi connectivity index (χ3v) is 4.57. The largest absolute Gasteiger partial charge is 0.495 e. The Morgan fingerprint density at radius 1 is 1.42 bits per heavy atom. The van der Waals surface area contributed by atoms with Crippen molar-refractivity contribution in [1.29, 1.82) is 0 Å². The number of aromatic nitrogens is 2. The number of carbonyl (C=O) groups is 1. The van der Waals surface area contributed by atoms with Crippen LogP contribution in [0.15, 0.2) is 30.6 Å². The maximum atomic E-state index is 12.8. The summed E-state index contributed by atoms with van der Waals surface area (Å²) in [5.74, 6) is 1.65. The summed E-state index contributed by atoms with van der Waals surface area (Å²) in [7, 11) is 1.61. The number of methoxy groups -OCH3 is 1. The molecule has 0 bridgehead atoms. The molecule has 0 unspecified atom stereocenters. The molecule has 1 fully saturated rings. The molecule has 0 aliphatic carbocycles. The van der Waals surface area contributed by atoms with Crippen LogP contribution in [0.1, 0.15) is 24.2 Å². The second kappa shape index (κ2) is 6.95. The highest BCUT2D eigenvalue weighted by molar-refractivity contribution is 5.91. The molecule has 0 saturated carbocycles. The van der Waals surface area contributed by atoms with Gasteiger partial charge in [-0.05, 0) is 44.4 Å². The molecule has 1 aromatic carbocycles. The zero-order valence-corrected chi connectivity index (χ0v) is 14.5. The second-order valence-corrected chi connectivity index (χ2v) is 6.25. The molecular weight excluding hydrogens is 304 g/mol. The molecule has 2 amide bonds. The molecule has 2 heterocycles. The number of nitrogens with one attached hydrogen (secondary N) is 1. The molecule has 1 saturated heterocycles. The van der Waals surface area contributed by atoms with Gasteiger partial charge < -0.3 is 19.5 Å². The zero-order chi connectivity index (χ0) is 17.1. The van der Waals surface area contributed by atoms with Crippen LogP contribution in [0, 0.1) is 13.8 Å². The van der Waals surface area contributed by atoms with Crippen LogP contribution in [0.2, 0.25) is 0 Å². The number of ether oxygens (including phenoxy) is 1. The molecule has 1 aliphatic rings. The number of likely N-dealkylation sites (tertiary alicyclic amines) is 1. The summed E-state index contributed by atoms with van der Waals surface area (Å²) in [5.41, 5.74) is 1.80. The summed E-state index contributed by atoms with van der Waals surface area (Å²) in [6.07, 6.45) is 5.80. The maximum Gasteiger partial charge on any atom is 0.322 e. The summed E-state index contributed by atoms with van der Waals surface area (Å²) in [5, 5.41) is 3.01. The van der Waals surface area contributed by atoms with E-state index in [4.69, 9.17) is 4.74 Å². The number of amides is 2. The quantitative estimate of drug-likeness (QED) is 0.937. The van der Waals surface area contributed by atoms with Gasteiger partial charge in [0.15, 0.2) is 0 Å². The fraction of sp³-hybridized carbons (Fsp3) is 0.444. The topological polar surface area (TPSA) is 59.4 Å². The van der Waals surface area contributed by atoms with Crippen LogP contribution >= 0.6 is 0 Å². The number of rotatable bonds is 4. The van der Waals surface area contributed by atoms with Gasteiger partial charge in [-0.3, -0.25) is 0 Å². The van der Waals surface area contributed by atoms with Crippen LogP contribution in [0.25, 0.3) is 0 Å². The van der Waals surface area contributed by atoms with Gasteiger partial charge in [-0.1, -0.05) is 6.07 Å². The molecule has 128 valence electrons. The number of aryl methyl sites for hydroxylation is 2. The lowest BCUT2D eigenvalue weighted by molar-refractivity contribution is 0.200. The van der Waals surface area contributed by atoms with Crippen LogP contribution in [-0.2, 0) is 6.54 Å². The van der Waals surface area contributed by atoms with Crippen LogP contribution in [-0.4, -0.2) is 40.2 Å². The van der Waals surface area contributed by atoms with Gasteiger partial charge in [-0.15, -0.1) is 0 Å². The lowest BCUT2D eigenvalue weighted by atomic mass is 10.2. The first-order chi connectivity index (χ1) is 11.6. The van der Waals surface area contributed by atoms with E-state index in [9.17, 15) is 4.79 Å². The lowest BCUT2D eigenvalue weighted by Crippen LogP contribution is -2.40. The van der Waals surface area contributed by atoms with Crippen LogP contribution in [0.4, 0.5) is 10.5 Å². The summed E-state index contributed by atoms with van der Waals surface area (Å²) >= 11 is 0. The molecule has 1 aliphatic heterocycles. The Kier molecular flexibility index (Phi) is 4.74. The smallest absolute Gasteiger partial charge is 0.322 e. The fourth-order valence-electron chi connectivity index (χ4n) is 3.22. The van der Waals surface area contributed by atoms with Gasteiger partial charge in [-0.2, -0.15) is 0 Å². The Bertz CT molecular complexity index is 726. The van der Waals surface area contributed by atoms with Crippen molar-refractivity contribution in [3.63, 3.8) is 0 Å². The Morgan fingerprint density at radius 3 is 2.96 bits per heavy atom. The summed E-state index contributed by atoms with van der Waals surface area (Å²) in [6, 6.07) is 5.89. The van der Waals surface area contributed by atoms with Gasteiger partial charge in [0.2, 0.25) is 0 Å². The average molecular weight is 328 g/mol. The highest BCUT2D eigenvalue weighted by Crippen LogP contribution is 2.27. The van der Waals surface area contributed by atoms with Crippen molar-refractivity contribution in [2.24, 2.45) is 0 Å². The number of anilines is 1. The van der Waals surface area contributed by atoms with Gasteiger partial charge in [-0.25, -0.2) is 9.78 Å². The molecule has 1 aromatic heterocycles. The van der Waals surface area contributed by atoms with Gasteiger partial charge in [0.25, 0.3) is 0 Å². The van der Waals surface area contributed by atoms with Crippen molar-refractivity contribution in [3.8, 4) is 5.75 Å². The molecule has 24 heavy (non-hydrogen) atoms. The Balaban J connectivity index is 1.72. The Hall–Kier alpha value is -2.50. The molecule has 1 atom stereocenters. The summed E-state index contributed by atoms with van der Waals surface area (Å²) < 4.78 is 7.45. The van der Waals surface area contributed by atoms with Crippen molar-refractivity contribution < 1.29 is 9.53 Å². The van der Waals surface area contributed by atoms with Crippen molar-refractivity contribution in [2.45, 2.75) is 39.3 Å². The van der Waals surface area contributed by atoms with Crippen molar-refractivity contribution in [3.05, 3.63) is 42.0 Å². The molecule has 0 spiro atoms. The minimum absolute atomic E-state index is 0.0702. The summed E-state index contributed by atoms with van der Waals surface area (Å²) in [6.45, 7) is 5.54. The average Bonchev–Trinajstić information content (AvgIpc) is 3.18. The number of urea groups is 1. The van der Waals surface area contributed by atoms with Crippen LogP contribution < -0.4 is 10.1 Å². The third kappa shape index (κ3) is 3.37. The molecule has 0 radical (unpaired) electrons. The zero-order valence-electron chi connectivity index (χ0n) is 14.5. The van der Waals surface area contributed by atoms with E-state index >= 15 is 0 Å². The van der Waals surface area contributed by atoms with Gasteiger partial charge in [0, 0.05) is 25.5 Å². The van der Waals surface area contributed by atoms with E-state index in [0.29, 0.717) is 11.4 Å². The molecule has 6 heteroatoms. The van der Waals surface area contributed by atoms with E-state index in [1.807, 2.05) is 43.1 Å².